The van der Waals surface area contributed by atoms with Crippen LogP contribution in [-0.2, 0) is 0 Å². The highest BCUT2D eigenvalue weighted by Gasteiger charge is 2.38. The van der Waals surface area contributed by atoms with E-state index in [4.69, 9.17) is 0 Å². The molecule has 2 fully saturated rings. The van der Waals surface area contributed by atoms with E-state index in [0.717, 1.165) is 19.0 Å². The average Bonchev–Trinajstić information content (AvgIpc) is 3.25. The Hall–Kier alpha value is -0.510. The van der Waals surface area contributed by atoms with Gasteiger partial charge >= 0.3 is 0 Å². The summed E-state index contributed by atoms with van der Waals surface area (Å²) in [6.45, 7) is 11.6. The minimum absolute atomic E-state index is 0.271. The molecule has 1 aliphatic heterocycles. The minimum Gasteiger partial charge on any atom is -0.314 e. The van der Waals surface area contributed by atoms with Crippen LogP contribution >= 0.6 is 11.8 Å². The predicted molar refractivity (Wildman–Crippen MR) is 92.0 cm³/mol. The average molecular weight is 305 g/mol. The standard InChI is InChI=1S/C18H28N2S/c1-18(2,3)21-16-7-5-4-6-15(16)17(14-8-9-14)20-12-10-19-11-13-20/h4-7,14,17,19H,8-13H2,1-3H3/t17-/m1/s1. The van der Waals surface area contributed by atoms with Crippen molar-refractivity contribution < 1.29 is 0 Å². The van der Waals surface area contributed by atoms with Crippen LogP contribution in [0.3, 0.4) is 0 Å². The van der Waals surface area contributed by atoms with Gasteiger partial charge in [-0.3, -0.25) is 4.90 Å². The monoisotopic (exact) mass is 304 g/mol. The van der Waals surface area contributed by atoms with Crippen LogP contribution in [0.4, 0.5) is 0 Å². The van der Waals surface area contributed by atoms with Crippen LogP contribution in [0, 0.1) is 5.92 Å². The predicted octanol–water partition coefficient (Wildman–Crippen LogP) is 3.93. The Balaban J connectivity index is 1.88. The molecule has 0 spiro atoms. The largest absolute Gasteiger partial charge is 0.314 e. The Kier molecular flexibility index (Phi) is 4.63. The zero-order valence-corrected chi connectivity index (χ0v) is 14.4. The van der Waals surface area contributed by atoms with E-state index in [-0.39, 0.29) is 4.75 Å². The topological polar surface area (TPSA) is 15.3 Å². The van der Waals surface area contributed by atoms with Gasteiger partial charge in [0, 0.05) is 41.9 Å². The molecule has 1 aromatic rings. The Morgan fingerprint density at radius 3 is 2.43 bits per heavy atom. The first-order valence-corrected chi connectivity index (χ1v) is 9.09. The van der Waals surface area contributed by atoms with Gasteiger partial charge in [0.05, 0.1) is 0 Å². The van der Waals surface area contributed by atoms with Gasteiger partial charge in [-0.1, -0.05) is 39.0 Å². The minimum atomic E-state index is 0.271. The Labute approximate surface area is 133 Å². The van der Waals surface area contributed by atoms with Crippen molar-refractivity contribution in [3.63, 3.8) is 0 Å². The molecule has 1 aliphatic carbocycles. The quantitative estimate of drug-likeness (QED) is 0.848. The maximum Gasteiger partial charge on any atom is 0.0388 e. The zero-order chi connectivity index (χ0) is 14.9. The van der Waals surface area contributed by atoms with E-state index in [1.54, 1.807) is 5.56 Å². The van der Waals surface area contributed by atoms with E-state index in [9.17, 15) is 0 Å². The highest BCUT2D eigenvalue weighted by molar-refractivity contribution is 8.00. The second-order valence-corrected chi connectivity index (χ2v) is 9.19. The third-order valence-corrected chi connectivity index (χ3v) is 5.47. The number of hydrogen-bond donors (Lipinski definition) is 1. The number of rotatable bonds is 4. The van der Waals surface area contributed by atoms with Crippen molar-refractivity contribution in [3.8, 4) is 0 Å². The lowest BCUT2D eigenvalue weighted by atomic mass is 9.99. The Morgan fingerprint density at radius 1 is 1.14 bits per heavy atom. The van der Waals surface area contributed by atoms with Crippen molar-refractivity contribution >= 4 is 11.8 Å². The SMILES string of the molecule is CC(C)(C)Sc1ccccc1[C@@H](C1CC1)N1CCNCC1. The lowest BCUT2D eigenvalue weighted by Crippen LogP contribution is -2.45. The van der Waals surface area contributed by atoms with Crippen LogP contribution in [0.1, 0.15) is 45.2 Å². The lowest BCUT2D eigenvalue weighted by molar-refractivity contribution is 0.154. The summed E-state index contributed by atoms with van der Waals surface area (Å²) in [5.74, 6) is 0.879. The van der Waals surface area contributed by atoms with Crippen LogP contribution in [0.15, 0.2) is 29.2 Å². The van der Waals surface area contributed by atoms with E-state index >= 15 is 0 Å². The number of nitrogens with zero attached hydrogens (tertiary/aromatic N) is 1. The van der Waals surface area contributed by atoms with E-state index in [1.807, 2.05) is 11.8 Å². The zero-order valence-electron chi connectivity index (χ0n) is 13.6. The molecular weight excluding hydrogens is 276 g/mol. The van der Waals surface area contributed by atoms with Gasteiger partial charge < -0.3 is 5.32 Å². The molecule has 0 radical (unpaired) electrons. The lowest BCUT2D eigenvalue weighted by Gasteiger charge is -2.36. The summed E-state index contributed by atoms with van der Waals surface area (Å²) in [5, 5.41) is 3.49. The fourth-order valence-electron chi connectivity index (χ4n) is 3.27. The molecule has 1 saturated carbocycles. The third kappa shape index (κ3) is 4.02. The summed E-state index contributed by atoms with van der Waals surface area (Å²) >= 11 is 2.02. The molecule has 1 atom stereocenters. The fourth-order valence-corrected chi connectivity index (χ4v) is 4.38. The summed E-state index contributed by atoms with van der Waals surface area (Å²) in [6, 6.07) is 9.75. The molecule has 1 saturated heterocycles. The maximum atomic E-state index is 3.49. The first kappa shape index (κ1) is 15.4. The normalized spacial score (nSPS) is 22.2. The van der Waals surface area contributed by atoms with E-state index in [2.05, 4.69) is 55.3 Å². The van der Waals surface area contributed by atoms with E-state index in [0.29, 0.717) is 6.04 Å². The van der Waals surface area contributed by atoms with Crippen LogP contribution in [0.5, 0.6) is 0 Å². The van der Waals surface area contributed by atoms with Gasteiger partial charge in [0.2, 0.25) is 0 Å². The first-order chi connectivity index (χ1) is 10.0. The summed E-state index contributed by atoms with van der Waals surface area (Å²) in [6.07, 6.45) is 2.81. The summed E-state index contributed by atoms with van der Waals surface area (Å²) in [7, 11) is 0. The van der Waals surface area contributed by atoms with E-state index < -0.39 is 0 Å². The van der Waals surface area contributed by atoms with Crippen molar-refractivity contribution in [1.82, 2.24) is 10.2 Å². The summed E-state index contributed by atoms with van der Waals surface area (Å²) in [5.41, 5.74) is 1.57. The van der Waals surface area contributed by atoms with Crippen molar-refractivity contribution in [1.29, 1.82) is 0 Å². The van der Waals surface area contributed by atoms with Crippen molar-refractivity contribution in [2.75, 3.05) is 26.2 Å². The smallest absolute Gasteiger partial charge is 0.0388 e. The molecule has 0 amide bonds. The molecule has 0 bridgehead atoms. The molecule has 3 rings (SSSR count). The molecule has 2 aliphatic rings. The number of nitrogens with one attached hydrogen (secondary N) is 1. The summed E-state index contributed by atoms with van der Waals surface area (Å²) in [4.78, 5) is 4.20. The molecule has 0 unspecified atom stereocenters. The van der Waals surface area contributed by atoms with Crippen LogP contribution < -0.4 is 5.32 Å². The molecular formula is C18H28N2S. The van der Waals surface area contributed by atoms with Gasteiger partial charge in [0.1, 0.15) is 0 Å². The van der Waals surface area contributed by atoms with Gasteiger partial charge in [0.25, 0.3) is 0 Å². The van der Waals surface area contributed by atoms with Crippen LogP contribution in [-0.4, -0.2) is 35.8 Å². The highest BCUT2D eigenvalue weighted by Crippen LogP contribution is 2.48. The van der Waals surface area contributed by atoms with Gasteiger partial charge in [-0.15, -0.1) is 11.8 Å². The third-order valence-electron chi connectivity index (χ3n) is 4.27. The van der Waals surface area contributed by atoms with Gasteiger partial charge in [0.15, 0.2) is 0 Å². The maximum absolute atomic E-state index is 3.49. The molecule has 3 heteroatoms. The van der Waals surface area contributed by atoms with Crippen molar-refractivity contribution in [2.45, 2.75) is 49.3 Å². The second kappa shape index (κ2) is 6.31. The number of benzene rings is 1. The highest BCUT2D eigenvalue weighted by atomic mass is 32.2. The fraction of sp³-hybridized carbons (Fsp3) is 0.667. The number of hydrogen-bond acceptors (Lipinski definition) is 3. The van der Waals surface area contributed by atoms with Crippen molar-refractivity contribution in [2.24, 2.45) is 5.92 Å². The van der Waals surface area contributed by atoms with Gasteiger partial charge in [-0.25, -0.2) is 0 Å². The van der Waals surface area contributed by atoms with Crippen molar-refractivity contribution in [3.05, 3.63) is 29.8 Å². The van der Waals surface area contributed by atoms with Gasteiger partial charge in [-0.05, 0) is 30.4 Å². The summed E-state index contributed by atoms with van der Waals surface area (Å²) < 4.78 is 0.271. The second-order valence-electron chi connectivity index (χ2n) is 7.32. The Bertz CT molecular complexity index is 470. The molecule has 1 heterocycles. The molecule has 21 heavy (non-hydrogen) atoms. The number of thioether (sulfide) groups is 1. The first-order valence-electron chi connectivity index (χ1n) is 8.27. The molecule has 2 nitrogen and oxygen atoms in total. The van der Waals surface area contributed by atoms with Gasteiger partial charge in [-0.2, -0.15) is 0 Å². The molecule has 1 aromatic carbocycles. The van der Waals surface area contributed by atoms with Crippen LogP contribution in [0.2, 0.25) is 0 Å². The van der Waals surface area contributed by atoms with E-state index in [1.165, 1.54) is 30.8 Å². The van der Waals surface area contributed by atoms with Crippen LogP contribution in [0.25, 0.3) is 0 Å². The number of piperazine rings is 1. The molecule has 116 valence electrons. The molecule has 0 aromatic heterocycles. The Morgan fingerprint density at radius 2 is 1.81 bits per heavy atom. The molecule has 1 N–H and O–H groups in total.